The summed E-state index contributed by atoms with van der Waals surface area (Å²) < 4.78 is 7.42. The molecule has 0 radical (unpaired) electrons. The first-order valence-electron chi connectivity index (χ1n) is 8.77. The Bertz CT molecular complexity index is 728. The zero-order valence-corrected chi connectivity index (χ0v) is 14.2. The third kappa shape index (κ3) is 3.52. The summed E-state index contributed by atoms with van der Waals surface area (Å²) in [7, 11) is 0. The highest BCUT2D eigenvalue weighted by molar-refractivity contribution is 5.99. The monoisotopic (exact) mass is 341 g/mol. The second kappa shape index (κ2) is 7.25. The molecule has 1 saturated heterocycles. The van der Waals surface area contributed by atoms with Gasteiger partial charge in [-0.15, -0.1) is 0 Å². The lowest BCUT2D eigenvalue weighted by atomic mass is 10.1. The maximum absolute atomic E-state index is 12.7. The summed E-state index contributed by atoms with van der Waals surface area (Å²) in [6, 6.07) is 9.81. The lowest BCUT2D eigenvalue weighted by molar-refractivity contribution is 0.0949. The molecule has 3 heterocycles. The van der Waals surface area contributed by atoms with Crippen LogP contribution >= 0.6 is 0 Å². The number of hydrogen-bond donors (Lipinski definition) is 2. The van der Waals surface area contributed by atoms with Crippen LogP contribution in [0.4, 0.5) is 5.69 Å². The van der Waals surface area contributed by atoms with E-state index in [4.69, 9.17) is 4.74 Å². The van der Waals surface area contributed by atoms with Crippen molar-refractivity contribution < 1.29 is 9.53 Å². The molecule has 0 saturated carbocycles. The van der Waals surface area contributed by atoms with Gasteiger partial charge in [0.15, 0.2) is 0 Å². The van der Waals surface area contributed by atoms with Gasteiger partial charge in [-0.05, 0) is 18.2 Å². The van der Waals surface area contributed by atoms with E-state index in [0.29, 0.717) is 25.3 Å². The number of fused-ring (bicyclic) bond motifs is 1. The van der Waals surface area contributed by atoms with E-state index in [1.807, 2.05) is 28.9 Å². The molecule has 0 bridgehead atoms. The van der Waals surface area contributed by atoms with E-state index in [1.54, 1.807) is 0 Å². The number of ether oxygens (including phenoxy) is 1. The molecular formula is C18H23N5O2. The first-order chi connectivity index (χ1) is 12.3. The van der Waals surface area contributed by atoms with Gasteiger partial charge >= 0.3 is 0 Å². The quantitative estimate of drug-likeness (QED) is 0.859. The molecule has 0 aliphatic carbocycles. The number of carbonyl (C=O) groups is 1. The maximum atomic E-state index is 12.7. The molecule has 7 nitrogen and oxygen atoms in total. The van der Waals surface area contributed by atoms with Crippen LogP contribution in [0.5, 0.6) is 0 Å². The molecule has 1 aromatic heterocycles. The molecule has 0 unspecified atom stereocenters. The van der Waals surface area contributed by atoms with E-state index < -0.39 is 0 Å². The van der Waals surface area contributed by atoms with Gasteiger partial charge in [0, 0.05) is 31.9 Å². The van der Waals surface area contributed by atoms with Crippen LogP contribution in [0.3, 0.4) is 0 Å². The minimum absolute atomic E-state index is 0.0637. The number of benzene rings is 1. The molecule has 0 atom stereocenters. The topological polar surface area (TPSA) is 71.4 Å². The summed E-state index contributed by atoms with van der Waals surface area (Å²) >= 11 is 0. The highest BCUT2D eigenvalue weighted by Crippen LogP contribution is 2.21. The summed E-state index contributed by atoms with van der Waals surface area (Å²) in [5.74, 6) is -0.0637. The Kier molecular flexibility index (Phi) is 4.67. The molecule has 2 aromatic rings. The largest absolute Gasteiger partial charge is 0.378 e. The van der Waals surface area contributed by atoms with Crippen molar-refractivity contribution in [3.8, 4) is 0 Å². The smallest absolute Gasteiger partial charge is 0.253 e. The first kappa shape index (κ1) is 16.1. The van der Waals surface area contributed by atoms with Crippen LogP contribution in [-0.2, 0) is 24.4 Å². The van der Waals surface area contributed by atoms with Crippen LogP contribution in [0.15, 0.2) is 30.3 Å². The molecule has 2 N–H and O–H groups in total. The Balaban J connectivity index is 1.45. The fourth-order valence-corrected chi connectivity index (χ4v) is 3.35. The number of amides is 1. The second-order valence-electron chi connectivity index (χ2n) is 6.33. The highest BCUT2D eigenvalue weighted by Gasteiger charge is 2.19. The average molecular weight is 341 g/mol. The maximum Gasteiger partial charge on any atom is 0.253 e. The first-order valence-corrected chi connectivity index (χ1v) is 8.77. The SMILES string of the molecule is O=C(NCc1cc2n(n1)CCNC2)c1ccccc1N1CCOCC1. The van der Waals surface area contributed by atoms with Crippen molar-refractivity contribution in [2.45, 2.75) is 19.6 Å². The van der Waals surface area contributed by atoms with Crippen LogP contribution in [-0.4, -0.2) is 48.5 Å². The highest BCUT2D eigenvalue weighted by atomic mass is 16.5. The van der Waals surface area contributed by atoms with Crippen molar-refractivity contribution >= 4 is 11.6 Å². The molecule has 1 fully saturated rings. The van der Waals surface area contributed by atoms with Crippen molar-refractivity contribution in [3.05, 3.63) is 47.3 Å². The third-order valence-corrected chi connectivity index (χ3v) is 4.65. The predicted molar refractivity (Wildman–Crippen MR) is 94.6 cm³/mol. The van der Waals surface area contributed by atoms with E-state index in [1.165, 1.54) is 5.69 Å². The fraction of sp³-hybridized carbons (Fsp3) is 0.444. The molecule has 25 heavy (non-hydrogen) atoms. The van der Waals surface area contributed by atoms with E-state index in [0.717, 1.165) is 44.1 Å². The normalized spacial score (nSPS) is 17.2. The zero-order valence-electron chi connectivity index (χ0n) is 14.2. The summed E-state index contributed by atoms with van der Waals surface area (Å²) in [6.45, 7) is 6.11. The molecule has 0 spiro atoms. The number of hydrogen-bond acceptors (Lipinski definition) is 5. The standard InChI is InChI=1S/C18H23N5O2/c24-18(20-12-14-11-15-13-19-5-6-23(15)21-14)16-3-1-2-4-17(16)22-7-9-25-10-8-22/h1-4,11,19H,5-10,12-13H2,(H,20,24). The molecule has 132 valence electrons. The summed E-state index contributed by atoms with van der Waals surface area (Å²) in [4.78, 5) is 14.9. The van der Waals surface area contributed by atoms with Crippen LogP contribution in [0.1, 0.15) is 21.7 Å². The Morgan fingerprint density at radius 3 is 2.92 bits per heavy atom. The van der Waals surface area contributed by atoms with E-state index >= 15 is 0 Å². The number of carbonyl (C=O) groups excluding carboxylic acids is 1. The minimum atomic E-state index is -0.0637. The molecule has 4 rings (SSSR count). The van der Waals surface area contributed by atoms with Gasteiger partial charge in [0.1, 0.15) is 0 Å². The molecule has 2 aliphatic heterocycles. The Morgan fingerprint density at radius 1 is 1.24 bits per heavy atom. The number of aromatic nitrogens is 2. The van der Waals surface area contributed by atoms with E-state index in [-0.39, 0.29) is 5.91 Å². The van der Waals surface area contributed by atoms with Crippen molar-refractivity contribution in [1.29, 1.82) is 0 Å². The number of rotatable bonds is 4. The molecular weight excluding hydrogens is 318 g/mol. The number of nitrogens with zero attached hydrogens (tertiary/aromatic N) is 3. The molecule has 1 aromatic carbocycles. The Labute approximate surface area is 147 Å². The minimum Gasteiger partial charge on any atom is -0.378 e. The average Bonchev–Trinajstić information content (AvgIpc) is 3.10. The van der Waals surface area contributed by atoms with Crippen molar-refractivity contribution in [2.24, 2.45) is 0 Å². The van der Waals surface area contributed by atoms with Gasteiger partial charge in [-0.1, -0.05) is 12.1 Å². The Morgan fingerprint density at radius 2 is 2.08 bits per heavy atom. The van der Waals surface area contributed by atoms with Crippen LogP contribution < -0.4 is 15.5 Å². The van der Waals surface area contributed by atoms with Gasteiger partial charge in [-0.25, -0.2) is 0 Å². The molecule has 1 amide bonds. The Hall–Kier alpha value is -2.38. The number of para-hydroxylation sites is 1. The number of nitrogens with one attached hydrogen (secondary N) is 2. The third-order valence-electron chi connectivity index (χ3n) is 4.65. The summed E-state index contributed by atoms with van der Waals surface area (Å²) in [5, 5.41) is 10.9. The second-order valence-corrected chi connectivity index (χ2v) is 6.33. The van der Waals surface area contributed by atoms with E-state index in [9.17, 15) is 4.79 Å². The van der Waals surface area contributed by atoms with Crippen LogP contribution in [0.25, 0.3) is 0 Å². The van der Waals surface area contributed by atoms with Gasteiger partial charge in [0.05, 0.1) is 43.3 Å². The molecule has 2 aliphatic rings. The van der Waals surface area contributed by atoms with Crippen LogP contribution in [0.2, 0.25) is 0 Å². The van der Waals surface area contributed by atoms with Gasteiger partial charge in [-0.3, -0.25) is 9.48 Å². The van der Waals surface area contributed by atoms with E-state index in [2.05, 4.69) is 26.7 Å². The predicted octanol–water partition coefficient (Wildman–Crippen LogP) is 0.753. The number of morpholine rings is 1. The van der Waals surface area contributed by atoms with Crippen LogP contribution in [0, 0.1) is 0 Å². The zero-order chi connectivity index (χ0) is 17.1. The number of anilines is 1. The van der Waals surface area contributed by atoms with Gasteiger partial charge < -0.3 is 20.3 Å². The van der Waals surface area contributed by atoms with Crippen molar-refractivity contribution in [3.63, 3.8) is 0 Å². The van der Waals surface area contributed by atoms with Crippen molar-refractivity contribution in [2.75, 3.05) is 37.7 Å². The lowest BCUT2D eigenvalue weighted by Gasteiger charge is -2.30. The lowest BCUT2D eigenvalue weighted by Crippen LogP contribution is -2.37. The summed E-state index contributed by atoms with van der Waals surface area (Å²) in [5.41, 5.74) is 3.74. The van der Waals surface area contributed by atoms with Gasteiger partial charge in [0.2, 0.25) is 0 Å². The van der Waals surface area contributed by atoms with Gasteiger partial charge in [0.25, 0.3) is 5.91 Å². The van der Waals surface area contributed by atoms with Crippen molar-refractivity contribution in [1.82, 2.24) is 20.4 Å². The summed E-state index contributed by atoms with van der Waals surface area (Å²) in [6.07, 6.45) is 0. The molecule has 7 heteroatoms. The fourth-order valence-electron chi connectivity index (χ4n) is 3.35. The van der Waals surface area contributed by atoms with Gasteiger partial charge in [-0.2, -0.15) is 5.10 Å².